The van der Waals surface area contributed by atoms with Crippen LogP contribution < -0.4 is 5.32 Å². The van der Waals surface area contributed by atoms with Crippen LogP contribution in [0.5, 0.6) is 0 Å². The number of thioether (sulfide) groups is 1. The molecule has 0 spiro atoms. The second-order valence-electron chi connectivity index (χ2n) is 6.42. The average molecular weight is 353 g/mol. The molecule has 2 atom stereocenters. The summed E-state index contributed by atoms with van der Waals surface area (Å²) in [7, 11) is 1.63. The van der Waals surface area contributed by atoms with E-state index in [0.717, 1.165) is 22.2 Å². The number of aromatic nitrogens is 3. The number of carbonyl (C=O) groups is 1. The van der Waals surface area contributed by atoms with Crippen LogP contribution in [-0.2, 0) is 10.2 Å². The molecule has 128 valence electrons. The fraction of sp³-hybridized carbons (Fsp3) is 0.333. The molecule has 2 aliphatic rings. The van der Waals surface area contributed by atoms with Gasteiger partial charge in [0.25, 0.3) is 0 Å². The molecule has 7 heteroatoms. The molecule has 1 aromatic heterocycles. The van der Waals surface area contributed by atoms with Gasteiger partial charge in [0.2, 0.25) is 5.91 Å². The van der Waals surface area contributed by atoms with Crippen molar-refractivity contribution in [3.05, 3.63) is 41.7 Å². The molecular weight excluding hydrogens is 334 g/mol. The number of aliphatic imine (C=N–C) groups is 1. The van der Waals surface area contributed by atoms with Gasteiger partial charge in [-0.3, -0.25) is 14.4 Å². The van der Waals surface area contributed by atoms with Crippen molar-refractivity contribution in [2.75, 3.05) is 12.8 Å². The lowest BCUT2D eigenvalue weighted by molar-refractivity contribution is -0.118. The van der Waals surface area contributed by atoms with E-state index >= 15 is 0 Å². The highest BCUT2D eigenvalue weighted by atomic mass is 32.2. The molecule has 0 aliphatic carbocycles. The number of hydrogen-bond donors (Lipinski definition) is 1. The van der Waals surface area contributed by atoms with Crippen molar-refractivity contribution in [3.63, 3.8) is 0 Å². The number of nitrogens with zero attached hydrogens (tertiary/aromatic N) is 4. The third-order valence-electron chi connectivity index (χ3n) is 4.68. The Kier molecular flexibility index (Phi) is 3.76. The van der Waals surface area contributed by atoms with Crippen molar-refractivity contribution in [2.24, 2.45) is 4.99 Å². The van der Waals surface area contributed by atoms with Crippen LogP contribution in [0.4, 0.5) is 0 Å². The second-order valence-corrected chi connectivity index (χ2v) is 7.36. The van der Waals surface area contributed by atoms with Crippen LogP contribution in [0.15, 0.2) is 40.5 Å². The van der Waals surface area contributed by atoms with E-state index in [-0.39, 0.29) is 11.9 Å². The van der Waals surface area contributed by atoms with Crippen LogP contribution in [0, 0.1) is 0 Å². The lowest BCUT2D eigenvalue weighted by Crippen LogP contribution is -2.36. The Hall–Kier alpha value is -2.41. The Morgan fingerprint density at radius 2 is 2.16 bits per heavy atom. The highest BCUT2D eigenvalue weighted by Crippen LogP contribution is 2.46. The minimum absolute atomic E-state index is 0.0358. The molecule has 1 N–H and O–H groups in total. The molecular formula is C18H19N5OS. The first-order valence-electron chi connectivity index (χ1n) is 8.20. The van der Waals surface area contributed by atoms with Gasteiger partial charge in [0.05, 0.1) is 22.9 Å². The predicted octanol–water partition coefficient (Wildman–Crippen LogP) is 2.23. The molecule has 6 nitrogen and oxygen atoms in total. The quantitative estimate of drug-likeness (QED) is 0.859. The van der Waals surface area contributed by atoms with E-state index in [1.54, 1.807) is 7.05 Å². The zero-order valence-electron chi connectivity index (χ0n) is 14.4. The molecule has 0 bridgehead atoms. The van der Waals surface area contributed by atoms with Gasteiger partial charge in [-0.15, -0.1) is 10.2 Å². The van der Waals surface area contributed by atoms with Gasteiger partial charge in [-0.25, -0.2) is 0 Å². The number of rotatable bonds is 3. The van der Waals surface area contributed by atoms with Gasteiger partial charge in [0, 0.05) is 18.8 Å². The Bertz CT molecular complexity index is 916. The van der Waals surface area contributed by atoms with Crippen LogP contribution in [-0.4, -0.2) is 45.7 Å². The summed E-state index contributed by atoms with van der Waals surface area (Å²) in [5.41, 5.74) is 3.01. The largest absolute Gasteiger partial charge is 0.358 e. The number of para-hydroxylation sites is 1. The summed E-state index contributed by atoms with van der Waals surface area (Å²) in [4.78, 5) is 16.2. The molecule has 25 heavy (non-hydrogen) atoms. The van der Waals surface area contributed by atoms with Crippen LogP contribution >= 0.6 is 11.8 Å². The molecule has 3 heterocycles. The van der Waals surface area contributed by atoms with Crippen molar-refractivity contribution in [1.29, 1.82) is 0 Å². The number of amides is 1. The van der Waals surface area contributed by atoms with Gasteiger partial charge in [0.15, 0.2) is 11.0 Å². The number of allylic oxidation sites excluding steroid dienone is 1. The Balaban J connectivity index is 1.88. The van der Waals surface area contributed by atoms with E-state index in [1.807, 2.05) is 18.3 Å². The number of fused-ring (bicyclic) bond motifs is 6. The molecule has 0 radical (unpaired) electrons. The highest BCUT2D eigenvalue weighted by Gasteiger charge is 2.43. The second kappa shape index (κ2) is 5.84. The van der Waals surface area contributed by atoms with E-state index in [1.165, 1.54) is 17.3 Å². The number of nitrogens with one attached hydrogen (secondary N) is 1. The number of hydrogen-bond acceptors (Lipinski definition) is 5. The molecule has 4 rings (SSSR count). The van der Waals surface area contributed by atoms with Crippen LogP contribution in [0.2, 0.25) is 0 Å². The fourth-order valence-electron chi connectivity index (χ4n) is 3.36. The third kappa shape index (κ3) is 2.41. The lowest BCUT2D eigenvalue weighted by atomic mass is 9.74. The van der Waals surface area contributed by atoms with E-state index in [4.69, 9.17) is 0 Å². The maximum Gasteiger partial charge on any atom is 0.230 e. The smallest absolute Gasteiger partial charge is 0.230 e. The maximum atomic E-state index is 11.6. The highest BCUT2D eigenvalue weighted by molar-refractivity contribution is 7.99. The summed E-state index contributed by atoms with van der Waals surface area (Å²) < 4.78 is 2.06. The zero-order valence-corrected chi connectivity index (χ0v) is 15.2. The standard InChI is InChI=1S/C18H19N5OS/c1-11-8-13-12-6-4-5-7-14(12)23-16(18(13,2)10-20-11)21-22-17(23)25-9-15(24)19-3/h4-8,10-11H,9H2,1-3H3,(H,19,24). The molecule has 2 aliphatic heterocycles. The van der Waals surface area contributed by atoms with E-state index in [9.17, 15) is 4.79 Å². The first-order valence-corrected chi connectivity index (χ1v) is 9.19. The molecule has 0 saturated heterocycles. The first kappa shape index (κ1) is 16.1. The summed E-state index contributed by atoms with van der Waals surface area (Å²) in [6.07, 6.45) is 4.19. The number of dihydropyridines is 1. The Morgan fingerprint density at radius 3 is 2.96 bits per heavy atom. The normalized spacial score (nSPS) is 23.3. The van der Waals surface area contributed by atoms with E-state index < -0.39 is 5.41 Å². The van der Waals surface area contributed by atoms with Gasteiger partial charge >= 0.3 is 0 Å². The lowest BCUT2D eigenvalue weighted by Gasteiger charge is -2.37. The van der Waals surface area contributed by atoms with Crippen molar-refractivity contribution < 1.29 is 4.79 Å². The maximum absolute atomic E-state index is 11.6. The topological polar surface area (TPSA) is 72.2 Å². The Morgan fingerprint density at radius 1 is 1.36 bits per heavy atom. The Labute approximate surface area is 150 Å². The van der Waals surface area contributed by atoms with E-state index in [0.29, 0.717) is 5.75 Å². The minimum atomic E-state index is -0.417. The van der Waals surface area contributed by atoms with Crippen molar-refractivity contribution >= 4 is 29.5 Å². The zero-order chi connectivity index (χ0) is 17.6. The van der Waals surface area contributed by atoms with Crippen molar-refractivity contribution in [2.45, 2.75) is 30.5 Å². The van der Waals surface area contributed by atoms with Crippen molar-refractivity contribution in [3.8, 4) is 5.69 Å². The predicted molar refractivity (Wildman–Crippen MR) is 99.4 cm³/mol. The summed E-state index contributed by atoms with van der Waals surface area (Å²) in [5, 5.41) is 12.2. The third-order valence-corrected chi connectivity index (χ3v) is 5.61. The number of carbonyl (C=O) groups excluding carboxylic acids is 1. The molecule has 1 aromatic carbocycles. The van der Waals surface area contributed by atoms with Gasteiger partial charge in [-0.05, 0) is 25.5 Å². The minimum Gasteiger partial charge on any atom is -0.358 e. The van der Waals surface area contributed by atoms with Gasteiger partial charge in [0.1, 0.15) is 0 Å². The molecule has 1 amide bonds. The van der Waals surface area contributed by atoms with Gasteiger partial charge in [-0.2, -0.15) is 0 Å². The van der Waals surface area contributed by atoms with Crippen LogP contribution in [0.25, 0.3) is 11.3 Å². The SMILES string of the molecule is CNC(=O)CSc1nnc2n1-c1ccccc1C1=CC(C)N=CC12C. The first-order chi connectivity index (χ1) is 12.0. The monoisotopic (exact) mass is 353 g/mol. The molecule has 2 unspecified atom stereocenters. The van der Waals surface area contributed by atoms with Crippen LogP contribution in [0.3, 0.4) is 0 Å². The molecule has 0 saturated carbocycles. The number of benzene rings is 1. The van der Waals surface area contributed by atoms with E-state index in [2.05, 4.69) is 57.1 Å². The van der Waals surface area contributed by atoms with Crippen LogP contribution in [0.1, 0.15) is 25.2 Å². The summed E-state index contributed by atoms with van der Waals surface area (Å²) >= 11 is 1.39. The van der Waals surface area contributed by atoms with Crippen molar-refractivity contribution in [1.82, 2.24) is 20.1 Å². The molecule has 2 aromatic rings. The molecule has 0 fully saturated rings. The fourth-order valence-corrected chi connectivity index (χ4v) is 4.17. The van der Waals surface area contributed by atoms with Gasteiger partial charge in [-0.1, -0.05) is 36.0 Å². The summed E-state index contributed by atoms with van der Waals surface area (Å²) in [5.74, 6) is 1.11. The van der Waals surface area contributed by atoms with Gasteiger partial charge < -0.3 is 5.32 Å². The summed E-state index contributed by atoms with van der Waals surface area (Å²) in [6, 6.07) is 8.40. The summed E-state index contributed by atoms with van der Waals surface area (Å²) in [6.45, 7) is 4.20. The average Bonchev–Trinajstić information content (AvgIpc) is 3.06.